The van der Waals surface area contributed by atoms with Gasteiger partial charge in [0, 0.05) is 6.20 Å². The summed E-state index contributed by atoms with van der Waals surface area (Å²) >= 11 is 7.52. The van der Waals surface area contributed by atoms with Gasteiger partial charge in [-0.1, -0.05) is 6.07 Å². The highest BCUT2D eigenvalue weighted by molar-refractivity contribution is 9.10. The number of halogens is 2. The van der Waals surface area contributed by atoms with Gasteiger partial charge in [0.05, 0.1) is 0 Å². The van der Waals surface area contributed by atoms with Crippen molar-refractivity contribution in [1.82, 2.24) is 4.98 Å². The molecule has 0 spiro atoms. The van der Waals surface area contributed by atoms with Gasteiger partial charge in [-0.2, -0.15) is 0 Å². The summed E-state index contributed by atoms with van der Waals surface area (Å²) in [5.74, 6) is 0.222. The van der Waals surface area contributed by atoms with Crippen molar-refractivity contribution >= 4 is 33.3 Å². The van der Waals surface area contributed by atoms with Gasteiger partial charge in [-0.3, -0.25) is 4.79 Å². The predicted octanol–water partition coefficient (Wildman–Crippen LogP) is 2.26. The predicted molar refractivity (Wildman–Crippen MR) is 44.5 cm³/mol. The molecule has 0 atom stereocenters. The van der Waals surface area contributed by atoms with E-state index in [9.17, 15) is 0 Å². The molecular weight excluding hydrogens is 217 g/mol. The summed E-state index contributed by atoms with van der Waals surface area (Å²) in [6, 6.07) is 5.70. The van der Waals surface area contributed by atoms with Gasteiger partial charge in [0.25, 0.3) is 0 Å². The van der Waals surface area contributed by atoms with E-state index >= 15 is 0 Å². The van der Waals surface area contributed by atoms with E-state index in [2.05, 4.69) is 32.5 Å². The minimum Gasteiger partial charge on any atom is -0.285 e. The number of hydrogen-bond acceptors (Lipinski definition) is 2. The van der Waals surface area contributed by atoms with Crippen molar-refractivity contribution in [2.45, 2.75) is 0 Å². The summed E-state index contributed by atoms with van der Waals surface area (Å²) in [5.41, 5.74) is 0. The minimum atomic E-state index is 0.222. The molecule has 0 radical (unpaired) electrons. The topological polar surface area (TPSA) is 30.0 Å². The summed E-state index contributed by atoms with van der Waals surface area (Å²) in [4.78, 5) is 12.5. The molecule has 10 heavy (non-hydrogen) atoms. The van der Waals surface area contributed by atoms with Crippen molar-refractivity contribution in [2.24, 2.45) is 0 Å². The molecule has 0 saturated heterocycles. The number of pyridine rings is 1. The van der Waals surface area contributed by atoms with E-state index in [1.165, 1.54) is 0 Å². The Morgan fingerprint density at radius 3 is 2.40 bits per heavy atom. The van der Waals surface area contributed by atoms with Gasteiger partial charge in [0.2, 0.25) is 5.75 Å². The summed E-state index contributed by atoms with van der Waals surface area (Å²) in [7, 11) is 0. The third-order valence-electron chi connectivity index (χ3n) is 0.629. The van der Waals surface area contributed by atoms with Crippen molar-refractivity contribution in [1.29, 1.82) is 0 Å². The number of carbonyl (C=O) groups is 1. The number of rotatable bonds is 0. The molecule has 0 amide bonds. The molecule has 1 aromatic heterocycles. The third kappa shape index (κ3) is 5.72. The zero-order valence-electron chi connectivity index (χ0n) is 5.00. The fraction of sp³-hybridized carbons (Fsp3) is 0. The Kier molecular flexibility index (Phi) is 6.43. The summed E-state index contributed by atoms with van der Waals surface area (Å²) in [6.07, 6.45) is 1.74. The second kappa shape index (κ2) is 6.71. The molecule has 2 nitrogen and oxygen atoms in total. The van der Waals surface area contributed by atoms with Crippen LogP contribution in [0.4, 0.5) is 0 Å². The first-order chi connectivity index (χ1) is 4.81. The molecule has 1 aromatic rings. The lowest BCUT2D eigenvalue weighted by atomic mass is 10.5. The minimum absolute atomic E-state index is 0.222. The third-order valence-corrected chi connectivity index (χ3v) is 1.10. The largest absolute Gasteiger partial charge is 0.285 e. The molecule has 54 valence electrons. The first-order valence-electron chi connectivity index (χ1n) is 2.41. The highest BCUT2D eigenvalue weighted by Gasteiger charge is 1.75. The van der Waals surface area contributed by atoms with Crippen LogP contribution in [0.1, 0.15) is 0 Å². The number of aromatic nitrogens is 1. The second-order valence-corrected chi connectivity index (χ2v) is 2.23. The smallest absolute Gasteiger partial charge is 0.208 e. The maximum absolute atomic E-state index is 8.57. The summed E-state index contributed by atoms with van der Waals surface area (Å²) in [6.45, 7) is 0. The fourth-order valence-corrected chi connectivity index (χ4v) is 0.613. The fourth-order valence-electron chi connectivity index (χ4n) is 0.342. The Bertz CT molecular complexity index is 180. The van der Waals surface area contributed by atoms with E-state index in [1.54, 1.807) is 6.20 Å². The highest BCUT2D eigenvalue weighted by atomic mass is 79.9. The maximum Gasteiger partial charge on any atom is 0.208 e. The van der Waals surface area contributed by atoms with E-state index in [-0.39, 0.29) is 5.75 Å². The van der Waals surface area contributed by atoms with Crippen LogP contribution in [-0.4, -0.2) is 10.7 Å². The standard InChI is InChI=1S/C5H4BrN.CHClO/c6-5-3-1-2-4-7-5;2-1-3/h1-4H;1H. The maximum atomic E-state index is 8.57. The van der Waals surface area contributed by atoms with Crippen LogP contribution in [-0.2, 0) is 4.79 Å². The molecule has 0 N–H and O–H groups in total. The summed E-state index contributed by atoms with van der Waals surface area (Å²) in [5, 5.41) is 0. The molecular formula is C6H5BrClNO. The summed E-state index contributed by atoms with van der Waals surface area (Å²) < 4.78 is 0.884. The van der Waals surface area contributed by atoms with E-state index in [4.69, 9.17) is 4.79 Å². The molecule has 0 aliphatic heterocycles. The average Bonchev–Trinajstić information content (AvgIpc) is 1.91. The van der Waals surface area contributed by atoms with Crippen LogP contribution in [0.25, 0.3) is 0 Å². The molecule has 0 aromatic carbocycles. The molecule has 1 heterocycles. The number of hydrogen-bond donors (Lipinski definition) is 0. The van der Waals surface area contributed by atoms with Crippen LogP contribution in [0.15, 0.2) is 29.0 Å². The Morgan fingerprint density at radius 2 is 2.20 bits per heavy atom. The number of nitrogens with zero attached hydrogens (tertiary/aromatic N) is 1. The lowest BCUT2D eigenvalue weighted by Gasteiger charge is -1.80. The van der Waals surface area contributed by atoms with Gasteiger partial charge in [0.1, 0.15) is 4.60 Å². The molecule has 0 aliphatic rings. The zero-order chi connectivity index (χ0) is 7.82. The van der Waals surface area contributed by atoms with Crippen LogP contribution in [0.5, 0.6) is 0 Å². The van der Waals surface area contributed by atoms with Crippen LogP contribution >= 0.6 is 27.5 Å². The molecule has 0 unspecified atom stereocenters. The van der Waals surface area contributed by atoms with Gasteiger partial charge in [-0.05, 0) is 39.7 Å². The van der Waals surface area contributed by atoms with E-state index in [0.29, 0.717) is 0 Å². The SMILES string of the molecule is Brc1ccccn1.O=CCl. The van der Waals surface area contributed by atoms with Gasteiger partial charge in [0.15, 0.2) is 0 Å². The van der Waals surface area contributed by atoms with Crippen molar-refractivity contribution in [2.75, 3.05) is 0 Å². The van der Waals surface area contributed by atoms with Crippen LogP contribution in [0, 0.1) is 0 Å². The molecule has 0 fully saturated rings. The molecule has 0 saturated carbocycles. The molecule has 0 bridgehead atoms. The first-order valence-corrected chi connectivity index (χ1v) is 3.64. The zero-order valence-corrected chi connectivity index (χ0v) is 7.34. The van der Waals surface area contributed by atoms with Crippen LogP contribution in [0.3, 0.4) is 0 Å². The second-order valence-electron chi connectivity index (χ2n) is 1.24. The van der Waals surface area contributed by atoms with Crippen molar-refractivity contribution in [3.63, 3.8) is 0 Å². The van der Waals surface area contributed by atoms with Crippen molar-refractivity contribution in [3.8, 4) is 0 Å². The van der Waals surface area contributed by atoms with E-state index < -0.39 is 0 Å². The monoisotopic (exact) mass is 221 g/mol. The molecule has 1 rings (SSSR count). The molecule has 0 aliphatic carbocycles. The quantitative estimate of drug-likeness (QED) is 0.383. The lowest BCUT2D eigenvalue weighted by molar-refractivity contribution is 0.569. The lowest BCUT2D eigenvalue weighted by Crippen LogP contribution is -1.66. The van der Waals surface area contributed by atoms with Crippen LogP contribution < -0.4 is 0 Å². The highest BCUT2D eigenvalue weighted by Crippen LogP contribution is 2.00. The van der Waals surface area contributed by atoms with Gasteiger partial charge in [-0.15, -0.1) is 0 Å². The Morgan fingerprint density at radius 1 is 1.60 bits per heavy atom. The van der Waals surface area contributed by atoms with Gasteiger partial charge in [-0.25, -0.2) is 4.98 Å². The van der Waals surface area contributed by atoms with Crippen LogP contribution in [0.2, 0.25) is 0 Å². The van der Waals surface area contributed by atoms with E-state index in [1.807, 2.05) is 18.2 Å². The number of carbonyl (C=O) groups excluding carboxylic acids is 1. The van der Waals surface area contributed by atoms with Gasteiger partial charge < -0.3 is 0 Å². The Balaban J connectivity index is 0.000000236. The van der Waals surface area contributed by atoms with E-state index in [0.717, 1.165) is 4.60 Å². The Hall–Kier alpha value is -0.410. The molecule has 4 heteroatoms. The average molecular weight is 222 g/mol. The van der Waals surface area contributed by atoms with Gasteiger partial charge >= 0.3 is 0 Å². The first kappa shape index (κ1) is 9.59. The normalized spacial score (nSPS) is 7.40. The van der Waals surface area contributed by atoms with Crippen molar-refractivity contribution < 1.29 is 4.79 Å². The Labute approximate surface area is 72.4 Å². The van der Waals surface area contributed by atoms with Crippen molar-refractivity contribution in [3.05, 3.63) is 29.0 Å².